The van der Waals surface area contributed by atoms with Crippen molar-refractivity contribution >= 4 is 17.8 Å². The van der Waals surface area contributed by atoms with Crippen LogP contribution in [0, 0.1) is 0 Å². The Morgan fingerprint density at radius 2 is 2.16 bits per heavy atom. The molecule has 0 saturated carbocycles. The Bertz CT molecular complexity index is 347. The molecule has 0 aromatic rings. The Hall–Kier alpha value is -1.67. The number of nitrogens with one attached hydrogen (secondary N) is 2. The van der Waals surface area contributed by atoms with E-state index in [4.69, 9.17) is 0 Å². The highest BCUT2D eigenvalue weighted by atomic mass is 16.5. The fraction of sp³-hybridized carbons (Fsp3) is 0.727. The normalized spacial score (nSPS) is 19.6. The summed E-state index contributed by atoms with van der Waals surface area (Å²) in [5.41, 5.74) is 2.53. The van der Waals surface area contributed by atoms with Crippen molar-refractivity contribution in [1.29, 1.82) is 0 Å². The van der Waals surface area contributed by atoms with E-state index in [-0.39, 0.29) is 13.0 Å². The van der Waals surface area contributed by atoms with Crippen molar-refractivity contribution in [2.24, 2.45) is 0 Å². The molecular weight excluding hydrogens is 254 g/mol. The number of hydrazine groups is 1. The average molecular weight is 273 g/mol. The Kier molecular flexibility index (Phi) is 6.23. The van der Waals surface area contributed by atoms with Gasteiger partial charge in [0.05, 0.1) is 13.7 Å². The van der Waals surface area contributed by atoms with Gasteiger partial charge >= 0.3 is 11.9 Å². The Morgan fingerprint density at radius 1 is 1.42 bits per heavy atom. The van der Waals surface area contributed by atoms with E-state index in [0.29, 0.717) is 19.6 Å². The summed E-state index contributed by atoms with van der Waals surface area (Å²) in [4.78, 5) is 34.3. The van der Waals surface area contributed by atoms with Gasteiger partial charge < -0.3 is 14.8 Å². The number of ether oxygens (including phenoxy) is 2. The van der Waals surface area contributed by atoms with E-state index < -0.39 is 23.9 Å². The summed E-state index contributed by atoms with van der Waals surface area (Å²) in [6.07, 6.45) is -0.369. The number of carbonyl (C=O) groups is 3. The lowest BCUT2D eigenvalue weighted by Crippen LogP contribution is -2.61. The van der Waals surface area contributed by atoms with E-state index in [2.05, 4.69) is 20.2 Å². The van der Waals surface area contributed by atoms with Crippen LogP contribution in [0.4, 0.5) is 0 Å². The zero-order chi connectivity index (χ0) is 14.3. The molecule has 1 aliphatic heterocycles. The van der Waals surface area contributed by atoms with Gasteiger partial charge in [0.25, 0.3) is 0 Å². The van der Waals surface area contributed by atoms with Gasteiger partial charge in [-0.3, -0.25) is 19.8 Å². The molecule has 1 saturated heterocycles. The third kappa shape index (κ3) is 4.84. The number of rotatable bonds is 5. The molecule has 1 unspecified atom stereocenters. The first-order valence-electron chi connectivity index (χ1n) is 6.08. The first kappa shape index (κ1) is 15.4. The highest BCUT2D eigenvalue weighted by Crippen LogP contribution is 2.02. The van der Waals surface area contributed by atoms with Crippen LogP contribution in [0.2, 0.25) is 0 Å². The van der Waals surface area contributed by atoms with Gasteiger partial charge in [-0.05, 0) is 6.92 Å². The van der Waals surface area contributed by atoms with Crippen molar-refractivity contribution in [1.82, 2.24) is 15.8 Å². The van der Waals surface area contributed by atoms with Crippen molar-refractivity contribution in [2.75, 3.05) is 33.4 Å². The molecule has 0 radical (unpaired) electrons. The van der Waals surface area contributed by atoms with Gasteiger partial charge in [0, 0.05) is 19.6 Å². The molecule has 0 bridgehead atoms. The SMILES string of the molecule is CCOC(=O)CC(=O)NN1CCNCC1C(=O)OC. The van der Waals surface area contributed by atoms with Crippen LogP contribution in [-0.2, 0) is 23.9 Å². The van der Waals surface area contributed by atoms with Crippen LogP contribution in [0.5, 0.6) is 0 Å². The Morgan fingerprint density at radius 3 is 2.79 bits per heavy atom. The minimum atomic E-state index is -0.593. The molecule has 2 N–H and O–H groups in total. The molecule has 8 heteroatoms. The number of nitrogens with zero attached hydrogens (tertiary/aromatic N) is 1. The summed E-state index contributed by atoms with van der Waals surface area (Å²) >= 11 is 0. The topological polar surface area (TPSA) is 97.0 Å². The van der Waals surface area contributed by atoms with Crippen LogP contribution in [0.25, 0.3) is 0 Å². The van der Waals surface area contributed by atoms with Crippen LogP contribution in [0.1, 0.15) is 13.3 Å². The number of carbonyl (C=O) groups excluding carboxylic acids is 3. The molecule has 8 nitrogen and oxygen atoms in total. The first-order chi connectivity index (χ1) is 9.08. The highest BCUT2D eigenvalue weighted by molar-refractivity contribution is 5.94. The van der Waals surface area contributed by atoms with Crippen LogP contribution < -0.4 is 10.7 Å². The van der Waals surface area contributed by atoms with E-state index in [1.165, 1.54) is 12.1 Å². The second-order valence-corrected chi connectivity index (χ2v) is 3.95. The van der Waals surface area contributed by atoms with E-state index in [1.54, 1.807) is 6.92 Å². The largest absolute Gasteiger partial charge is 0.468 e. The van der Waals surface area contributed by atoms with Crippen molar-refractivity contribution in [3.8, 4) is 0 Å². The molecule has 0 aromatic heterocycles. The standard InChI is InChI=1S/C11H19N3O5/c1-3-19-10(16)6-9(15)13-14-5-4-12-7-8(14)11(17)18-2/h8,12H,3-7H2,1-2H3,(H,13,15). The molecule has 1 heterocycles. The van der Waals surface area contributed by atoms with Crippen molar-refractivity contribution in [2.45, 2.75) is 19.4 Å². The minimum Gasteiger partial charge on any atom is -0.468 e. The van der Waals surface area contributed by atoms with Gasteiger partial charge in [0.1, 0.15) is 12.5 Å². The van der Waals surface area contributed by atoms with Crippen LogP contribution in [0.3, 0.4) is 0 Å². The summed E-state index contributed by atoms with van der Waals surface area (Å²) in [5.74, 6) is -1.54. The molecule has 1 fully saturated rings. The second-order valence-electron chi connectivity index (χ2n) is 3.95. The summed E-state index contributed by atoms with van der Waals surface area (Å²) in [6, 6.07) is -0.593. The maximum absolute atomic E-state index is 11.6. The van der Waals surface area contributed by atoms with Gasteiger partial charge in [-0.15, -0.1) is 0 Å². The molecule has 0 aromatic carbocycles. The predicted molar refractivity (Wildman–Crippen MR) is 64.8 cm³/mol. The van der Waals surface area contributed by atoms with E-state index >= 15 is 0 Å². The van der Waals surface area contributed by atoms with Gasteiger partial charge in [-0.25, -0.2) is 5.01 Å². The smallest absolute Gasteiger partial charge is 0.326 e. The number of amides is 1. The van der Waals surface area contributed by atoms with E-state index in [9.17, 15) is 14.4 Å². The lowest BCUT2D eigenvalue weighted by Gasteiger charge is -2.33. The molecule has 0 spiro atoms. The van der Waals surface area contributed by atoms with Crippen molar-refractivity contribution in [3.05, 3.63) is 0 Å². The van der Waals surface area contributed by atoms with Crippen LogP contribution in [-0.4, -0.2) is 62.2 Å². The summed E-state index contributed by atoms with van der Waals surface area (Å²) in [6.45, 7) is 3.36. The molecule has 1 aliphatic rings. The molecule has 19 heavy (non-hydrogen) atoms. The van der Waals surface area contributed by atoms with Crippen LogP contribution >= 0.6 is 0 Å². The summed E-state index contributed by atoms with van der Waals surface area (Å²) in [5, 5.41) is 4.51. The molecule has 0 aliphatic carbocycles. The maximum Gasteiger partial charge on any atom is 0.326 e. The zero-order valence-corrected chi connectivity index (χ0v) is 11.1. The van der Waals surface area contributed by atoms with Crippen molar-refractivity contribution < 1.29 is 23.9 Å². The third-order valence-electron chi connectivity index (χ3n) is 2.60. The number of esters is 2. The van der Waals surface area contributed by atoms with E-state index in [0.717, 1.165) is 0 Å². The van der Waals surface area contributed by atoms with E-state index in [1.807, 2.05) is 0 Å². The fourth-order valence-corrected chi connectivity index (χ4v) is 1.73. The Balaban J connectivity index is 2.50. The van der Waals surface area contributed by atoms with Crippen LogP contribution in [0.15, 0.2) is 0 Å². The quantitative estimate of drug-likeness (QED) is 0.461. The summed E-state index contributed by atoms with van der Waals surface area (Å²) < 4.78 is 9.33. The molecular formula is C11H19N3O5. The maximum atomic E-state index is 11.6. The van der Waals surface area contributed by atoms with Crippen molar-refractivity contribution in [3.63, 3.8) is 0 Å². The molecule has 1 atom stereocenters. The van der Waals surface area contributed by atoms with Gasteiger partial charge in [0.15, 0.2) is 0 Å². The second kappa shape index (κ2) is 7.70. The number of hydrogen-bond donors (Lipinski definition) is 2. The number of hydrogen-bond acceptors (Lipinski definition) is 7. The molecule has 108 valence electrons. The van der Waals surface area contributed by atoms with Gasteiger partial charge in [0.2, 0.25) is 5.91 Å². The van der Waals surface area contributed by atoms with Gasteiger partial charge in [-0.2, -0.15) is 0 Å². The summed E-state index contributed by atoms with van der Waals surface area (Å²) in [7, 11) is 1.29. The highest BCUT2D eigenvalue weighted by Gasteiger charge is 2.30. The number of piperazine rings is 1. The minimum absolute atomic E-state index is 0.227. The third-order valence-corrected chi connectivity index (χ3v) is 2.60. The fourth-order valence-electron chi connectivity index (χ4n) is 1.73. The average Bonchev–Trinajstić information content (AvgIpc) is 2.38. The van der Waals surface area contributed by atoms with Gasteiger partial charge in [-0.1, -0.05) is 0 Å². The Labute approximate surface area is 111 Å². The number of methoxy groups -OCH3 is 1. The molecule has 1 rings (SSSR count). The monoisotopic (exact) mass is 273 g/mol. The molecule has 1 amide bonds. The first-order valence-corrected chi connectivity index (χ1v) is 6.08. The lowest BCUT2D eigenvalue weighted by molar-refractivity contribution is -0.151. The zero-order valence-electron chi connectivity index (χ0n) is 11.1. The predicted octanol–water partition coefficient (Wildman–Crippen LogP) is -1.58. The lowest BCUT2D eigenvalue weighted by atomic mass is 10.2.